The van der Waals surface area contributed by atoms with Crippen LogP contribution in [0.3, 0.4) is 0 Å². The highest BCUT2D eigenvalue weighted by atomic mass is 79.9. The van der Waals surface area contributed by atoms with Crippen molar-refractivity contribution in [1.29, 1.82) is 0 Å². The zero-order valence-corrected chi connectivity index (χ0v) is 11.8. The predicted molar refractivity (Wildman–Crippen MR) is 72.6 cm³/mol. The van der Waals surface area contributed by atoms with Gasteiger partial charge in [0.15, 0.2) is 0 Å². The molecule has 88 valence electrons. The second kappa shape index (κ2) is 4.89. The average Bonchev–Trinajstić information content (AvgIpc) is 2.30. The second-order valence-electron chi connectivity index (χ2n) is 5.12. The molecule has 1 heterocycles. The molecular weight excluding hydrogens is 262 g/mol. The minimum absolute atomic E-state index is 0.157. The van der Waals surface area contributed by atoms with Crippen LogP contribution in [0.2, 0.25) is 0 Å². The summed E-state index contributed by atoms with van der Waals surface area (Å²) >= 11 is 3.56. The molecule has 2 rings (SSSR count). The first kappa shape index (κ1) is 12.1. The molecule has 0 N–H and O–H groups in total. The molecule has 1 aliphatic heterocycles. The molecule has 16 heavy (non-hydrogen) atoms. The molecule has 1 fully saturated rings. The van der Waals surface area contributed by atoms with Gasteiger partial charge in [-0.2, -0.15) is 0 Å². The van der Waals surface area contributed by atoms with E-state index in [1.165, 1.54) is 42.4 Å². The molecule has 0 spiro atoms. The topological polar surface area (TPSA) is 3.24 Å². The Morgan fingerprint density at radius 2 is 1.81 bits per heavy atom. The molecule has 1 aromatic carbocycles. The molecular formula is C14H20BrN. The van der Waals surface area contributed by atoms with E-state index in [9.17, 15) is 0 Å². The first-order valence-electron chi connectivity index (χ1n) is 6.12. The molecule has 0 unspecified atom stereocenters. The van der Waals surface area contributed by atoms with Crippen LogP contribution in [0, 0.1) is 0 Å². The van der Waals surface area contributed by atoms with Gasteiger partial charge in [-0.15, -0.1) is 0 Å². The second-order valence-corrected chi connectivity index (χ2v) is 6.03. The highest BCUT2D eigenvalue weighted by Crippen LogP contribution is 2.31. The maximum Gasteiger partial charge on any atom is 0.0404 e. The normalized spacial score (nSPS) is 18.7. The third kappa shape index (κ3) is 2.49. The molecule has 1 nitrogen and oxygen atoms in total. The summed E-state index contributed by atoms with van der Waals surface area (Å²) in [6.45, 7) is 7.14. The van der Waals surface area contributed by atoms with Crippen molar-refractivity contribution < 1.29 is 0 Å². The Hall–Kier alpha value is -0.340. The number of rotatable bonds is 2. The molecule has 0 amide bonds. The van der Waals surface area contributed by atoms with Crippen LogP contribution in [0.25, 0.3) is 0 Å². The van der Waals surface area contributed by atoms with E-state index in [1.54, 1.807) is 0 Å². The molecule has 0 aromatic heterocycles. The van der Waals surface area contributed by atoms with E-state index in [0.717, 1.165) is 0 Å². The van der Waals surface area contributed by atoms with Crippen LogP contribution in [0.1, 0.15) is 38.7 Å². The van der Waals surface area contributed by atoms with Gasteiger partial charge in [-0.25, -0.2) is 0 Å². The fourth-order valence-electron chi connectivity index (χ4n) is 2.50. The lowest BCUT2D eigenvalue weighted by Crippen LogP contribution is -2.44. The zero-order chi connectivity index (χ0) is 11.6. The Kier molecular flexibility index (Phi) is 3.70. The number of piperidine rings is 1. The van der Waals surface area contributed by atoms with Gasteiger partial charge in [0.1, 0.15) is 0 Å². The van der Waals surface area contributed by atoms with Crippen LogP contribution >= 0.6 is 15.9 Å². The van der Waals surface area contributed by atoms with Gasteiger partial charge in [0.2, 0.25) is 0 Å². The zero-order valence-electron chi connectivity index (χ0n) is 10.2. The number of hydrogen-bond donors (Lipinski definition) is 0. The molecule has 0 aliphatic carbocycles. The molecule has 1 aromatic rings. The van der Waals surface area contributed by atoms with E-state index in [4.69, 9.17) is 0 Å². The van der Waals surface area contributed by atoms with Gasteiger partial charge in [-0.05, 0) is 57.5 Å². The van der Waals surface area contributed by atoms with Gasteiger partial charge in [-0.1, -0.05) is 34.5 Å². The van der Waals surface area contributed by atoms with Crippen LogP contribution < -0.4 is 0 Å². The van der Waals surface area contributed by atoms with E-state index < -0.39 is 0 Å². The summed E-state index contributed by atoms with van der Waals surface area (Å²) in [5.74, 6) is 0. The van der Waals surface area contributed by atoms with Gasteiger partial charge >= 0.3 is 0 Å². The lowest BCUT2D eigenvalue weighted by Gasteiger charge is -2.41. The van der Waals surface area contributed by atoms with Crippen molar-refractivity contribution >= 4 is 15.9 Å². The number of hydrogen-bond acceptors (Lipinski definition) is 1. The highest BCUT2D eigenvalue weighted by molar-refractivity contribution is 9.10. The van der Waals surface area contributed by atoms with Gasteiger partial charge in [-0.3, -0.25) is 4.90 Å². The SMILES string of the molecule is CC(C)(c1cccc(Br)c1)N1CCCCC1. The van der Waals surface area contributed by atoms with Crippen molar-refractivity contribution in [2.24, 2.45) is 0 Å². The van der Waals surface area contributed by atoms with E-state index in [1.807, 2.05) is 0 Å². The average molecular weight is 282 g/mol. The summed E-state index contributed by atoms with van der Waals surface area (Å²) in [7, 11) is 0. The Bertz CT molecular complexity index is 354. The largest absolute Gasteiger partial charge is 0.294 e. The van der Waals surface area contributed by atoms with Crippen molar-refractivity contribution in [3.8, 4) is 0 Å². The predicted octanol–water partition coefficient (Wildman–Crippen LogP) is 4.17. The number of likely N-dealkylation sites (tertiary alicyclic amines) is 1. The number of benzene rings is 1. The van der Waals surface area contributed by atoms with E-state index >= 15 is 0 Å². The standard InChI is InChI=1S/C14H20BrN/c1-14(2,16-9-4-3-5-10-16)12-7-6-8-13(15)11-12/h6-8,11H,3-5,9-10H2,1-2H3. The van der Waals surface area contributed by atoms with Crippen molar-refractivity contribution in [2.75, 3.05) is 13.1 Å². The maximum atomic E-state index is 3.56. The first-order chi connectivity index (χ1) is 7.60. The highest BCUT2D eigenvalue weighted by Gasteiger charge is 2.29. The minimum atomic E-state index is 0.157. The summed E-state index contributed by atoms with van der Waals surface area (Å²) in [6.07, 6.45) is 4.08. The number of nitrogens with zero attached hydrogens (tertiary/aromatic N) is 1. The fourth-order valence-corrected chi connectivity index (χ4v) is 2.90. The molecule has 0 bridgehead atoms. The van der Waals surface area contributed by atoms with Crippen LogP contribution in [-0.4, -0.2) is 18.0 Å². The van der Waals surface area contributed by atoms with Crippen molar-refractivity contribution in [1.82, 2.24) is 4.90 Å². The molecule has 0 saturated carbocycles. The van der Waals surface area contributed by atoms with Crippen molar-refractivity contribution in [3.63, 3.8) is 0 Å². The first-order valence-corrected chi connectivity index (χ1v) is 6.91. The molecule has 1 aliphatic rings. The van der Waals surface area contributed by atoms with E-state index in [-0.39, 0.29) is 5.54 Å². The molecule has 2 heteroatoms. The van der Waals surface area contributed by atoms with Gasteiger partial charge in [0.25, 0.3) is 0 Å². The van der Waals surface area contributed by atoms with E-state index in [0.29, 0.717) is 0 Å². The fraction of sp³-hybridized carbons (Fsp3) is 0.571. The van der Waals surface area contributed by atoms with Crippen LogP contribution in [0.5, 0.6) is 0 Å². The van der Waals surface area contributed by atoms with Crippen molar-refractivity contribution in [2.45, 2.75) is 38.6 Å². The quantitative estimate of drug-likeness (QED) is 0.787. The van der Waals surface area contributed by atoms with Gasteiger partial charge in [0, 0.05) is 10.0 Å². The summed E-state index contributed by atoms with van der Waals surface area (Å²) in [5, 5.41) is 0. The maximum absolute atomic E-state index is 3.56. The Labute approximate surface area is 107 Å². The summed E-state index contributed by atoms with van der Waals surface area (Å²) in [4.78, 5) is 2.61. The Morgan fingerprint density at radius 3 is 2.44 bits per heavy atom. The molecule has 0 radical (unpaired) electrons. The Balaban J connectivity index is 2.22. The molecule has 0 atom stereocenters. The van der Waals surface area contributed by atoms with Crippen LogP contribution in [0.15, 0.2) is 28.7 Å². The van der Waals surface area contributed by atoms with Gasteiger partial charge in [0.05, 0.1) is 0 Å². The summed E-state index contributed by atoms with van der Waals surface area (Å²) in [5.41, 5.74) is 1.56. The Morgan fingerprint density at radius 1 is 1.12 bits per heavy atom. The third-order valence-electron chi connectivity index (χ3n) is 3.68. The minimum Gasteiger partial charge on any atom is -0.294 e. The van der Waals surface area contributed by atoms with E-state index in [2.05, 4.69) is 58.9 Å². The van der Waals surface area contributed by atoms with Crippen molar-refractivity contribution in [3.05, 3.63) is 34.3 Å². The van der Waals surface area contributed by atoms with Gasteiger partial charge < -0.3 is 0 Å². The smallest absolute Gasteiger partial charge is 0.0404 e. The monoisotopic (exact) mass is 281 g/mol. The molecule has 1 saturated heterocycles. The summed E-state index contributed by atoms with van der Waals surface area (Å²) < 4.78 is 1.18. The lowest BCUT2D eigenvalue weighted by molar-refractivity contribution is 0.0943. The lowest BCUT2D eigenvalue weighted by atomic mass is 9.90. The third-order valence-corrected chi connectivity index (χ3v) is 4.17. The summed E-state index contributed by atoms with van der Waals surface area (Å²) in [6, 6.07) is 8.70. The number of halogens is 1. The van der Waals surface area contributed by atoms with Crippen LogP contribution in [0.4, 0.5) is 0 Å². The van der Waals surface area contributed by atoms with Crippen LogP contribution in [-0.2, 0) is 5.54 Å².